The third-order valence-electron chi connectivity index (χ3n) is 2.99. The molecule has 0 fully saturated rings. The monoisotopic (exact) mass is 321 g/mol. The molecule has 0 saturated carbocycles. The van der Waals surface area contributed by atoms with Crippen LogP contribution in [0.25, 0.3) is 0 Å². The van der Waals surface area contributed by atoms with Crippen molar-refractivity contribution in [1.82, 2.24) is 15.5 Å². The Labute approximate surface area is 132 Å². The number of para-hydroxylation sites is 1. The van der Waals surface area contributed by atoms with Crippen LogP contribution in [0.5, 0.6) is 5.75 Å². The Hall–Kier alpha value is -2.34. The summed E-state index contributed by atoms with van der Waals surface area (Å²) in [6.45, 7) is 2.26. The number of hydrogen-bond donors (Lipinski definition) is 2. The molecular weight excluding hydrogens is 306 g/mol. The highest BCUT2D eigenvalue weighted by Crippen LogP contribution is 2.24. The van der Waals surface area contributed by atoms with E-state index >= 15 is 0 Å². The lowest BCUT2D eigenvalue weighted by molar-refractivity contribution is 0.0920. The summed E-state index contributed by atoms with van der Waals surface area (Å²) in [5.41, 5.74) is -0.211. The first-order chi connectivity index (χ1) is 10.6. The Kier molecular flexibility index (Phi) is 5.55. The second-order valence-corrected chi connectivity index (χ2v) is 5.00. The van der Waals surface area contributed by atoms with E-state index in [9.17, 15) is 9.59 Å². The van der Waals surface area contributed by atoms with Crippen molar-refractivity contribution in [3.05, 3.63) is 57.5 Å². The van der Waals surface area contributed by atoms with E-state index in [0.29, 0.717) is 23.7 Å². The molecule has 2 N–H and O–H groups in total. The first-order valence-electron chi connectivity index (χ1n) is 6.85. The zero-order chi connectivity index (χ0) is 15.9. The zero-order valence-corrected chi connectivity index (χ0v) is 12.8. The minimum atomic E-state index is -0.377. The predicted molar refractivity (Wildman–Crippen MR) is 83.3 cm³/mol. The number of aromatic nitrogens is 2. The number of nitrogens with one attached hydrogen (secondary N) is 2. The van der Waals surface area contributed by atoms with Gasteiger partial charge in [-0.05, 0) is 24.6 Å². The SMILES string of the molecule is CCC(CNC(=O)c1ccc(=O)[nH]n1)Oc1ccccc1Cl. The zero-order valence-electron chi connectivity index (χ0n) is 12.0. The van der Waals surface area contributed by atoms with Crippen LogP contribution in [0.3, 0.4) is 0 Å². The molecule has 1 aromatic heterocycles. The van der Waals surface area contributed by atoms with E-state index < -0.39 is 0 Å². The number of H-pyrrole nitrogens is 1. The fourth-order valence-corrected chi connectivity index (χ4v) is 1.94. The first kappa shape index (κ1) is 16.0. The highest BCUT2D eigenvalue weighted by atomic mass is 35.5. The van der Waals surface area contributed by atoms with Gasteiger partial charge in [-0.25, -0.2) is 5.10 Å². The van der Waals surface area contributed by atoms with Crippen LogP contribution in [-0.2, 0) is 0 Å². The second-order valence-electron chi connectivity index (χ2n) is 4.59. The molecule has 1 heterocycles. The number of halogens is 1. The average Bonchev–Trinajstić information content (AvgIpc) is 2.53. The topological polar surface area (TPSA) is 84.1 Å². The Morgan fingerprint density at radius 1 is 1.36 bits per heavy atom. The second kappa shape index (κ2) is 7.61. The van der Waals surface area contributed by atoms with Crippen LogP contribution >= 0.6 is 11.6 Å². The van der Waals surface area contributed by atoms with E-state index in [2.05, 4.69) is 15.5 Å². The maximum absolute atomic E-state index is 11.9. The third kappa shape index (κ3) is 4.33. The smallest absolute Gasteiger partial charge is 0.271 e. The molecule has 6 nitrogen and oxygen atoms in total. The molecule has 0 spiro atoms. The molecule has 2 aromatic rings. The van der Waals surface area contributed by atoms with Gasteiger partial charge < -0.3 is 10.1 Å². The van der Waals surface area contributed by atoms with E-state index in [-0.39, 0.29) is 23.3 Å². The molecule has 2 rings (SSSR count). The van der Waals surface area contributed by atoms with Crippen LogP contribution < -0.4 is 15.6 Å². The molecule has 116 valence electrons. The fraction of sp³-hybridized carbons (Fsp3) is 0.267. The highest BCUT2D eigenvalue weighted by molar-refractivity contribution is 6.32. The van der Waals surface area contributed by atoms with Gasteiger partial charge in [-0.15, -0.1) is 0 Å². The van der Waals surface area contributed by atoms with Crippen molar-refractivity contribution in [3.63, 3.8) is 0 Å². The number of amides is 1. The number of aromatic amines is 1. The van der Waals surface area contributed by atoms with Crippen molar-refractivity contribution < 1.29 is 9.53 Å². The molecule has 22 heavy (non-hydrogen) atoms. The van der Waals surface area contributed by atoms with E-state index in [0.717, 1.165) is 0 Å². The van der Waals surface area contributed by atoms with Gasteiger partial charge in [0.15, 0.2) is 0 Å². The Bertz CT molecular complexity index is 682. The Morgan fingerprint density at radius 2 is 2.14 bits per heavy atom. The number of nitrogens with zero attached hydrogens (tertiary/aromatic N) is 1. The lowest BCUT2D eigenvalue weighted by atomic mass is 10.2. The molecule has 7 heteroatoms. The maximum Gasteiger partial charge on any atom is 0.271 e. The Morgan fingerprint density at radius 3 is 2.77 bits per heavy atom. The molecule has 0 aliphatic carbocycles. The van der Waals surface area contributed by atoms with Crippen molar-refractivity contribution in [2.45, 2.75) is 19.4 Å². The van der Waals surface area contributed by atoms with Crippen LogP contribution in [0.1, 0.15) is 23.8 Å². The molecule has 1 unspecified atom stereocenters. The minimum Gasteiger partial charge on any atom is -0.487 e. The lowest BCUT2D eigenvalue weighted by Gasteiger charge is -2.18. The van der Waals surface area contributed by atoms with Gasteiger partial charge in [0.25, 0.3) is 11.5 Å². The summed E-state index contributed by atoms with van der Waals surface area (Å²) in [5.74, 6) is 0.199. The molecule has 0 aliphatic heterocycles. The van der Waals surface area contributed by atoms with Crippen LogP contribution in [0.2, 0.25) is 5.02 Å². The van der Waals surface area contributed by atoms with Crippen molar-refractivity contribution >= 4 is 17.5 Å². The number of carbonyl (C=O) groups excluding carboxylic acids is 1. The van der Waals surface area contributed by atoms with Crippen molar-refractivity contribution in [3.8, 4) is 5.75 Å². The molecule has 0 bridgehead atoms. The standard InChI is InChI=1S/C15H16ClN3O3/c1-2-10(22-13-6-4-3-5-11(13)16)9-17-15(21)12-7-8-14(20)19-18-12/h3-8,10H,2,9H2,1H3,(H,17,21)(H,19,20). The van der Waals surface area contributed by atoms with Crippen LogP contribution in [-0.4, -0.2) is 28.8 Å². The van der Waals surface area contributed by atoms with Crippen molar-refractivity contribution in [2.75, 3.05) is 6.54 Å². The summed E-state index contributed by atoms with van der Waals surface area (Å²) in [6.07, 6.45) is 0.483. The number of carbonyl (C=O) groups is 1. The summed E-state index contributed by atoms with van der Waals surface area (Å²) >= 11 is 6.04. The van der Waals surface area contributed by atoms with Gasteiger partial charge in [0, 0.05) is 6.07 Å². The molecule has 0 aliphatic rings. The number of hydrogen-bond acceptors (Lipinski definition) is 4. The fourth-order valence-electron chi connectivity index (χ4n) is 1.76. The number of ether oxygens (including phenoxy) is 1. The van der Waals surface area contributed by atoms with Gasteiger partial charge in [-0.1, -0.05) is 30.7 Å². The average molecular weight is 322 g/mol. The van der Waals surface area contributed by atoms with Crippen LogP contribution in [0, 0.1) is 0 Å². The van der Waals surface area contributed by atoms with Crippen molar-refractivity contribution in [2.24, 2.45) is 0 Å². The third-order valence-corrected chi connectivity index (χ3v) is 3.30. The molecular formula is C15H16ClN3O3. The number of benzene rings is 1. The Balaban J connectivity index is 1.93. The summed E-state index contributed by atoms with van der Waals surface area (Å²) in [4.78, 5) is 22.8. The molecule has 0 radical (unpaired) electrons. The van der Waals surface area contributed by atoms with Gasteiger partial charge in [0.2, 0.25) is 0 Å². The highest BCUT2D eigenvalue weighted by Gasteiger charge is 2.13. The summed E-state index contributed by atoms with van der Waals surface area (Å²) in [7, 11) is 0. The van der Waals surface area contributed by atoms with E-state index in [1.54, 1.807) is 12.1 Å². The predicted octanol–water partition coefficient (Wildman–Crippen LogP) is 2.01. The van der Waals surface area contributed by atoms with Crippen molar-refractivity contribution in [1.29, 1.82) is 0 Å². The van der Waals surface area contributed by atoms with Gasteiger partial charge in [0.05, 0.1) is 11.6 Å². The lowest BCUT2D eigenvalue weighted by Crippen LogP contribution is -2.35. The number of rotatable bonds is 6. The molecule has 1 amide bonds. The van der Waals surface area contributed by atoms with Crippen LogP contribution in [0.4, 0.5) is 0 Å². The largest absolute Gasteiger partial charge is 0.487 e. The van der Waals surface area contributed by atoms with Gasteiger partial charge in [-0.3, -0.25) is 9.59 Å². The van der Waals surface area contributed by atoms with E-state index in [1.807, 2.05) is 19.1 Å². The molecule has 1 atom stereocenters. The maximum atomic E-state index is 11.9. The van der Waals surface area contributed by atoms with Gasteiger partial charge >= 0.3 is 0 Å². The summed E-state index contributed by atoms with van der Waals surface area (Å²) in [6, 6.07) is 9.78. The summed E-state index contributed by atoms with van der Waals surface area (Å²) in [5, 5.41) is 9.12. The first-order valence-corrected chi connectivity index (χ1v) is 7.23. The summed E-state index contributed by atoms with van der Waals surface area (Å²) < 4.78 is 5.77. The minimum absolute atomic E-state index is 0.146. The van der Waals surface area contributed by atoms with E-state index in [1.165, 1.54) is 12.1 Å². The molecule has 1 aromatic carbocycles. The quantitative estimate of drug-likeness (QED) is 0.852. The van der Waals surface area contributed by atoms with Crippen LogP contribution in [0.15, 0.2) is 41.2 Å². The molecule has 0 saturated heterocycles. The van der Waals surface area contributed by atoms with Gasteiger partial charge in [0.1, 0.15) is 17.5 Å². The van der Waals surface area contributed by atoms with E-state index in [4.69, 9.17) is 16.3 Å². The normalized spacial score (nSPS) is 11.7. The van der Waals surface area contributed by atoms with Gasteiger partial charge in [-0.2, -0.15) is 5.10 Å².